The standard InChI is InChI=1S/C24H27NO2/c25-23(15-4-2-1-3-5-15)24-13-12-19-18-9-7-17(26)14-16(18)6-8-20(19)21(24)10-11-22(24)27/h1-5,14,20-21,23H,6-13,25H2/t20-,21+,23?,24-/m1/s1. The number of fused-ring (bicyclic) bond motifs is 4. The fraction of sp³-hybridized carbons (Fsp3) is 0.500. The first-order chi connectivity index (χ1) is 13.1. The van der Waals surface area contributed by atoms with Crippen LogP contribution in [-0.4, -0.2) is 11.6 Å². The van der Waals surface area contributed by atoms with Gasteiger partial charge in [0.1, 0.15) is 5.78 Å². The quantitative estimate of drug-likeness (QED) is 0.847. The van der Waals surface area contributed by atoms with Gasteiger partial charge >= 0.3 is 0 Å². The van der Waals surface area contributed by atoms with E-state index in [2.05, 4.69) is 12.1 Å². The number of ketones is 2. The molecule has 2 fully saturated rings. The van der Waals surface area contributed by atoms with Gasteiger partial charge in [0.25, 0.3) is 0 Å². The Morgan fingerprint density at radius 1 is 0.963 bits per heavy atom. The van der Waals surface area contributed by atoms with Gasteiger partial charge in [-0.05, 0) is 73.1 Å². The largest absolute Gasteiger partial charge is 0.323 e. The molecular weight excluding hydrogens is 334 g/mol. The summed E-state index contributed by atoms with van der Waals surface area (Å²) >= 11 is 0. The Labute approximate surface area is 160 Å². The molecule has 5 rings (SSSR count). The van der Waals surface area contributed by atoms with E-state index >= 15 is 0 Å². The average Bonchev–Trinajstić information content (AvgIpc) is 3.05. The molecule has 0 aliphatic heterocycles. The molecule has 0 spiro atoms. The van der Waals surface area contributed by atoms with Crippen molar-refractivity contribution in [3.8, 4) is 0 Å². The lowest BCUT2D eigenvalue weighted by atomic mass is 9.54. The molecule has 0 bridgehead atoms. The first-order valence-electron chi connectivity index (χ1n) is 10.4. The summed E-state index contributed by atoms with van der Waals surface area (Å²) in [6.45, 7) is 0. The van der Waals surface area contributed by atoms with Crippen LogP contribution in [0.1, 0.15) is 63.0 Å². The van der Waals surface area contributed by atoms with Crippen molar-refractivity contribution in [2.24, 2.45) is 23.0 Å². The average molecular weight is 361 g/mol. The van der Waals surface area contributed by atoms with E-state index in [1.165, 1.54) is 11.1 Å². The highest BCUT2D eigenvalue weighted by Crippen LogP contribution is 2.62. The van der Waals surface area contributed by atoms with E-state index in [1.807, 2.05) is 24.3 Å². The van der Waals surface area contributed by atoms with Gasteiger partial charge < -0.3 is 5.73 Å². The van der Waals surface area contributed by atoms with Gasteiger partial charge in [-0.2, -0.15) is 0 Å². The summed E-state index contributed by atoms with van der Waals surface area (Å²) in [5.41, 5.74) is 11.8. The maximum atomic E-state index is 13.2. The topological polar surface area (TPSA) is 60.2 Å². The van der Waals surface area contributed by atoms with Crippen molar-refractivity contribution in [1.29, 1.82) is 0 Å². The Bertz CT molecular complexity index is 866. The van der Waals surface area contributed by atoms with Crippen LogP contribution in [0.5, 0.6) is 0 Å². The van der Waals surface area contributed by atoms with Gasteiger partial charge in [0.2, 0.25) is 0 Å². The minimum Gasteiger partial charge on any atom is -0.323 e. The van der Waals surface area contributed by atoms with Gasteiger partial charge in [0.05, 0.1) is 5.41 Å². The smallest absolute Gasteiger partial charge is 0.156 e. The number of benzene rings is 1. The molecule has 1 aromatic rings. The van der Waals surface area contributed by atoms with Gasteiger partial charge in [-0.1, -0.05) is 35.9 Å². The molecule has 4 aliphatic rings. The van der Waals surface area contributed by atoms with Gasteiger partial charge in [-0.25, -0.2) is 0 Å². The Morgan fingerprint density at radius 2 is 1.78 bits per heavy atom. The Hall–Kier alpha value is -2.00. The molecule has 0 heterocycles. The van der Waals surface area contributed by atoms with Crippen molar-refractivity contribution in [3.05, 3.63) is 58.7 Å². The number of allylic oxidation sites excluding steroid dienone is 4. The highest BCUT2D eigenvalue weighted by Gasteiger charge is 2.59. The van der Waals surface area contributed by atoms with Gasteiger partial charge in [-0.3, -0.25) is 9.59 Å². The summed E-state index contributed by atoms with van der Waals surface area (Å²) in [5.74, 6) is 1.49. The maximum Gasteiger partial charge on any atom is 0.156 e. The van der Waals surface area contributed by atoms with Crippen LogP contribution < -0.4 is 5.73 Å². The minimum absolute atomic E-state index is 0.213. The minimum atomic E-state index is -0.401. The van der Waals surface area contributed by atoms with E-state index in [1.54, 1.807) is 5.57 Å². The van der Waals surface area contributed by atoms with Gasteiger partial charge in [0.15, 0.2) is 5.78 Å². The zero-order valence-electron chi connectivity index (χ0n) is 15.7. The molecule has 1 unspecified atom stereocenters. The van der Waals surface area contributed by atoms with E-state index in [9.17, 15) is 9.59 Å². The summed E-state index contributed by atoms with van der Waals surface area (Å²) in [7, 11) is 0. The zero-order chi connectivity index (χ0) is 18.6. The molecule has 1 aromatic carbocycles. The second-order valence-electron chi connectivity index (χ2n) is 8.78. The molecular formula is C24H27NO2. The maximum absolute atomic E-state index is 13.2. The van der Waals surface area contributed by atoms with Crippen LogP contribution in [0.2, 0.25) is 0 Å². The number of Topliss-reactive ketones (excluding diaryl/α,β-unsaturated/α-hetero) is 1. The molecule has 2 N–H and O–H groups in total. The van der Waals surface area contributed by atoms with Crippen molar-refractivity contribution in [2.75, 3.05) is 0 Å². The SMILES string of the molecule is NC(c1ccccc1)[C@]12CCC3=C4CCC(=O)C=C4CC[C@H]3[C@@H]1CCC2=O. The normalized spacial score (nSPS) is 33.9. The van der Waals surface area contributed by atoms with E-state index < -0.39 is 5.41 Å². The van der Waals surface area contributed by atoms with Crippen molar-refractivity contribution >= 4 is 11.6 Å². The van der Waals surface area contributed by atoms with Crippen LogP contribution >= 0.6 is 0 Å². The third-order valence-corrected chi connectivity index (χ3v) is 7.77. The molecule has 27 heavy (non-hydrogen) atoms. The molecule has 4 aliphatic carbocycles. The van der Waals surface area contributed by atoms with E-state index in [0.29, 0.717) is 30.5 Å². The van der Waals surface area contributed by atoms with Gasteiger partial charge in [-0.15, -0.1) is 0 Å². The predicted molar refractivity (Wildman–Crippen MR) is 105 cm³/mol. The molecule has 4 atom stereocenters. The molecule has 0 saturated heterocycles. The number of hydrogen-bond donors (Lipinski definition) is 1. The summed E-state index contributed by atoms with van der Waals surface area (Å²) in [6, 6.07) is 9.98. The zero-order valence-corrected chi connectivity index (χ0v) is 15.7. The van der Waals surface area contributed by atoms with Crippen molar-refractivity contribution in [1.82, 2.24) is 0 Å². The molecule has 3 nitrogen and oxygen atoms in total. The third kappa shape index (κ3) is 2.44. The van der Waals surface area contributed by atoms with Gasteiger partial charge in [0, 0.05) is 18.9 Å². The summed E-state index contributed by atoms with van der Waals surface area (Å²) in [5, 5.41) is 0. The van der Waals surface area contributed by atoms with Crippen LogP contribution in [0.4, 0.5) is 0 Å². The van der Waals surface area contributed by atoms with E-state index in [4.69, 9.17) is 5.73 Å². The number of nitrogens with two attached hydrogens (primary N) is 1. The number of carbonyl (C=O) groups is 2. The lowest BCUT2D eigenvalue weighted by Gasteiger charge is -2.50. The van der Waals surface area contributed by atoms with E-state index in [-0.39, 0.29) is 11.8 Å². The summed E-state index contributed by atoms with van der Waals surface area (Å²) < 4.78 is 0. The summed E-state index contributed by atoms with van der Waals surface area (Å²) in [6.07, 6.45) is 8.96. The van der Waals surface area contributed by atoms with Crippen LogP contribution in [0, 0.1) is 17.3 Å². The first-order valence-corrected chi connectivity index (χ1v) is 10.4. The molecule has 0 radical (unpaired) electrons. The Kier molecular flexibility index (Phi) is 3.98. The highest BCUT2D eigenvalue weighted by molar-refractivity contribution is 5.93. The van der Waals surface area contributed by atoms with Crippen molar-refractivity contribution in [2.45, 2.75) is 57.4 Å². The monoisotopic (exact) mass is 361 g/mol. The fourth-order valence-corrected chi connectivity index (χ4v) is 6.57. The van der Waals surface area contributed by atoms with Crippen molar-refractivity contribution in [3.63, 3.8) is 0 Å². The van der Waals surface area contributed by atoms with Crippen LogP contribution in [-0.2, 0) is 9.59 Å². The lowest BCUT2D eigenvalue weighted by Crippen LogP contribution is -2.49. The molecule has 0 amide bonds. The summed E-state index contributed by atoms with van der Waals surface area (Å²) in [4.78, 5) is 25.0. The number of hydrogen-bond acceptors (Lipinski definition) is 3. The van der Waals surface area contributed by atoms with Crippen LogP contribution in [0.3, 0.4) is 0 Å². The van der Waals surface area contributed by atoms with Crippen LogP contribution in [0.25, 0.3) is 0 Å². The molecule has 2 saturated carbocycles. The number of rotatable bonds is 2. The highest BCUT2D eigenvalue weighted by atomic mass is 16.1. The first kappa shape index (κ1) is 17.1. The molecule has 3 heteroatoms. The molecule has 140 valence electrons. The Morgan fingerprint density at radius 3 is 2.59 bits per heavy atom. The third-order valence-electron chi connectivity index (χ3n) is 7.77. The Balaban J connectivity index is 1.56. The second kappa shape index (κ2) is 6.27. The second-order valence-corrected chi connectivity index (χ2v) is 8.78. The predicted octanol–water partition coefficient (Wildman–Crippen LogP) is 4.44. The lowest BCUT2D eigenvalue weighted by molar-refractivity contribution is -0.131. The fourth-order valence-electron chi connectivity index (χ4n) is 6.57. The number of carbonyl (C=O) groups excluding carboxylic acids is 2. The van der Waals surface area contributed by atoms with E-state index in [0.717, 1.165) is 44.1 Å². The van der Waals surface area contributed by atoms with Crippen molar-refractivity contribution < 1.29 is 9.59 Å². The van der Waals surface area contributed by atoms with Crippen LogP contribution in [0.15, 0.2) is 53.1 Å². The molecule has 0 aromatic heterocycles.